The van der Waals surface area contributed by atoms with Crippen LogP contribution < -0.4 is 10.6 Å². The van der Waals surface area contributed by atoms with Crippen molar-refractivity contribution in [2.24, 2.45) is 4.99 Å². The molecule has 2 rings (SSSR count). The number of guanidine groups is 1. The first-order valence-electron chi connectivity index (χ1n) is 7.54. The molecule has 0 amide bonds. The fourth-order valence-electron chi connectivity index (χ4n) is 2.74. The third-order valence-electron chi connectivity index (χ3n) is 3.88. The summed E-state index contributed by atoms with van der Waals surface area (Å²) in [4.78, 5) is 6.79. The molecule has 0 spiro atoms. The van der Waals surface area contributed by atoms with Crippen molar-refractivity contribution in [3.05, 3.63) is 24.2 Å². The van der Waals surface area contributed by atoms with Crippen LogP contribution in [0.4, 0.5) is 0 Å². The minimum absolute atomic E-state index is 0. The quantitative estimate of drug-likeness (QED) is 0.432. The Morgan fingerprint density at radius 2 is 2.33 bits per heavy atom. The maximum Gasteiger partial charge on any atom is 0.191 e. The smallest absolute Gasteiger partial charge is 0.191 e. The van der Waals surface area contributed by atoms with E-state index in [9.17, 15) is 0 Å². The predicted molar refractivity (Wildman–Crippen MR) is 97.5 cm³/mol. The molecule has 5 nitrogen and oxygen atoms in total. The molecule has 2 heterocycles. The first-order valence-corrected chi connectivity index (χ1v) is 7.54. The van der Waals surface area contributed by atoms with Crippen molar-refractivity contribution >= 4 is 29.9 Å². The van der Waals surface area contributed by atoms with E-state index in [1.807, 2.05) is 19.2 Å². The molecule has 1 atom stereocenters. The maximum absolute atomic E-state index is 5.31. The Labute approximate surface area is 144 Å². The van der Waals surface area contributed by atoms with E-state index in [1.165, 1.54) is 19.4 Å². The number of rotatable bonds is 6. The van der Waals surface area contributed by atoms with Gasteiger partial charge in [0.1, 0.15) is 5.76 Å². The van der Waals surface area contributed by atoms with Gasteiger partial charge in [0.05, 0.1) is 6.26 Å². The van der Waals surface area contributed by atoms with Crippen LogP contribution in [0.5, 0.6) is 0 Å². The molecule has 1 aliphatic rings. The van der Waals surface area contributed by atoms with Gasteiger partial charge in [-0.3, -0.25) is 9.89 Å². The average Bonchev–Trinajstić information content (AvgIpc) is 3.13. The lowest BCUT2D eigenvalue weighted by Gasteiger charge is -2.23. The lowest BCUT2D eigenvalue weighted by Crippen LogP contribution is -2.45. The minimum Gasteiger partial charge on any atom is -0.469 e. The average molecular weight is 406 g/mol. The van der Waals surface area contributed by atoms with Crippen LogP contribution in [0.2, 0.25) is 0 Å². The summed E-state index contributed by atoms with van der Waals surface area (Å²) in [6, 6.07) is 4.56. The van der Waals surface area contributed by atoms with Gasteiger partial charge in [-0.05, 0) is 38.1 Å². The lowest BCUT2D eigenvalue weighted by molar-refractivity contribution is 0.267. The van der Waals surface area contributed by atoms with Gasteiger partial charge >= 0.3 is 0 Å². The second-order valence-corrected chi connectivity index (χ2v) is 5.13. The fraction of sp³-hybridized carbons (Fsp3) is 0.667. The molecule has 6 heteroatoms. The molecule has 2 N–H and O–H groups in total. The summed E-state index contributed by atoms with van der Waals surface area (Å²) >= 11 is 0. The molecular weight excluding hydrogens is 379 g/mol. The largest absolute Gasteiger partial charge is 0.469 e. The van der Waals surface area contributed by atoms with E-state index in [-0.39, 0.29) is 24.0 Å². The SMILES string of the molecule is CCN1CCCC1CNC(=NC)NCCc1ccco1.I. The number of nitrogens with one attached hydrogen (secondary N) is 2. The third kappa shape index (κ3) is 5.86. The van der Waals surface area contributed by atoms with Gasteiger partial charge in [-0.1, -0.05) is 6.92 Å². The Hall–Kier alpha value is -0.760. The summed E-state index contributed by atoms with van der Waals surface area (Å²) in [6.07, 6.45) is 5.18. The van der Waals surface area contributed by atoms with Crippen LogP contribution in [-0.2, 0) is 6.42 Å². The van der Waals surface area contributed by atoms with Crippen molar-refractivity contribution in [2.75, 3.05) is 33.2 Å². The van der Waals surface area contributed by atoms with Crippen molar-refractivity contribution in [1.82, 2.24) is 15.5 Å². The molecule has 1 unspecified atom stereocenters. The fourth-order valence-corrected chi connectivity index (χ4v) is 2.74. The van der Waals surface area contributed by atoms with Gasteiger partial charge in [0, 0.05) is 32.6 Å². The second kappa shape index (κ2) is 10.0. The summed E-state index contributed by atoms with van der Waals surface area (Å²) in [7, 11) is 1.81. The summed E-state index contributed by atoms with van der Waals surface area (Å²) in [6.45, 7) is 6.39. The first-order chi connectivity index (χ1) is 9.83. The second-order valence-electron chi connectivity index (χ2n) is 5.13. The topological polar surface area (TPSA) is 52.8 Å². The van der Waals surface area contributed by atoms with E-state index in [0.717, 1.165) is 37.8 Å². The number of nitrogens with zero attached hydrogens (tertiary/aromatic N) is 2. The zero-order valence-electron chi connectivity index (χ0n) is 13.0. The number of aliphatic imine (C=N–C) groups is 1. The molecule has 0 bridgehead atoms. The van der Waals surface area contributed by atoms with E-state index in [2.05, 4.69) is 27.4 Å². The van der Waals surface area contributed by atoms with Gasteiger partial charge < -0.3 is 15.1 Å². The summed E-state index contributed by atoms with van der Waals surface area (Å²) in [5, 5.41) is 6.75. The minimum atomic E-state index is 0. The van der Waals surface area contributed by atoms with Crippen LogP contribution >= 0.6 is 24.0 Å². The van der Waals surface area contributed by atoms with Gasteiger partial charge in [-0.2, -0.15) is 0 Å². The van der Waals surface area contributed by atoms with Gasteiger partial charge in [0.25, 0.3) is 0 Å². The molecule has 1 aromatic heterocycles. The Morgan fingerprint density at radius 1 is 1.48 bits per heavy atom. The van der Waals surface area contributed by atoms with Crippen molar-refractivity contribution < 1.29 is 4.42 Å². The van der Waals surface area contributed by atoms with Crippen LogP contribution in [0.1, 0.15) is 25.5 Å². The van der Waals surface area contributed by atoms with Crippen molar-refractivity contribution in [1.29, 1.82) is 0 Å². The van der Waals surface area contributed by atoms with Gasteiger partial charge in [0.2, 0.25) is 0 Å². The van der Waals surface area contributed by atoms with Crippen LogP contribution in [0.3, 0.4) is 0 Å². The van der Waals surface area contributed by atoms with E-state index in [0.29, 0.717) is 6.04 Å². The zero-order valence-corrected chi connectivity index (χ0v) is 15.3. The maximum atomic E-state index is 5.31. The van der Waals surface area contributed by atoms with E-state index >= 15 is 0 Å². The van der Waals surface area contributed by atoms with Crippen LogP contribution in [-0.4, -0.2) is 50.1 Å². The predicted octanol–water partition coefficient (Wildman–Crippen LogP) is 2.09. The molecule has 21 heavy (non-hydrogen) atoms. The highest BCUT2D eigenvalue weighted by molar-refractivity contribution is 14.0. The van der Waals surface area contributed by atoms with E-state index in [4.69, 9.17) is 4.42 Å². The number of likely N-dealkylation sites (tertiary alicyclic amines) is 1. The molecule has 0 aliphatic carbocycles. The number of hydrogen-bond acceptors (Lipinski definition) is 3. The monoisotopic (exact) mass is 406 g/mol. The van der Waals surface area contributed by atoms with Crippen LogP contribution in [0.15, 0.2) is 27.8 Å². The van der Waals surface area contributed by atoms with Crippen LogP contribution in [0.25, 0.3) is 0 Å². The highest BCUT2D eigenvalue weighted by atomic mass is 127. The summed E-state index contributed by atoms with van der Waals surface area (Å²) in [5.41, 5.74) is 0. The third-order valence-corrected chi connectivity index (χ3v) is 3.88. The molecule has 0 saturated carbocycles. The summed E-state index contributed by atoms with van der Waals surface area (Å²) in [5.74, 6) is 1.88. The molecule has 0 radical (unpaired) electrons. The number of hydrogen-bond donors (Lipinski definition) is 2. The molecule has 1 aromatic rings. The van der Waals surface area contributed by atoms with Gasteiger partial charge in [0.15, 0.2) is 5.96 Å². The van der Waals surface area contributed by atoms with E-state index < -0.39 is 0 Å². The molecular formula is C15H27IN4O. The standard InChI is InChI=1S/C15H26N4O.HI/c1-3-19-10-4-6-13(19)12-18-15(16-2)17-9-8-14-7-5-11-20-14;/h5,7,11,13H,3-4,6,8-10,12H2,1-2H3,(H2,16,17,18);1H. The highest BCUT2D eigenvalue weighted by Gasteiger charge is 2.22. The Kier molecular flexibility index (Phi) is 8.75. The molecule has 1 saturated heterocycles. The first kappa shape index (κ1) is 18.3. The molecule has 1 fully saturated rings. The van der Waals surface area contributed by atoms with Crippen molar-refractivity contribution in [3.8, 4) is 0 Å². The molecule has 0 aromatic carbocycles. The number of furan rings is 1. The van der Waals surface area contributed by atoms with Gasteiger partial charge in [-0.15, -0.1) is 24.0 Å². The number of likely N-dealkylation sites (N-methyl/N-ethyl adjacent to an activating group) is 1. The van der Waals surface area contributed by atoms with E-state index in [1.54, 1.807) is 6.26 Å². The normalized spacial score (nSPS) is 19.3. The van der Waals surface area contributed by atoms with Gasteiger partial charge in [-0.25, -0.2) is 0 Å². The van der Waals surface area contributed by atoms with Crippen LogP contribution in [0, 0.1) is 0 Å². The zero-order chi connectivity index (χ0) is 14.2. The molecule has 1 aliphatic heterocycles. The highest BCUT2D eigenvalue weighted by Crippen LogP contribution is 2.15. The van der Waals surface area contributed by atoms with Crippen molar-refractivity contribution in [3.63, 3.8) is 0 Å². The Balaban J connectivity index is 0.00000220. The summed E-state index contributed by atoms with van der Waals surface area (Å²) < 4.78 is 5.31. The number of halogens is 1. The molecule has 120 valence electrons. The lowest BCUT2D eigenvalue weighted by atomic mass is 10.2. The Morgan fingerprint density at radius 3 is 3.00 bits per heavy atom. The Bertz CT molecular complexity index is 408. The van der Waals surface area contributed by atoms with Crippen molar-refractivity contribution in [2.45, 2.75) is 32.2 Å².